The minimum absolute atomic E-state index is 0.183. The molecule has 2 aromatic carbocycles. The maximum absolute atomic E-state index is 13.7. The van der Waals surface area contributed by atoms with E-state index < -0.39 is 10.0 Å². The summed E-state index contributed by atoms with van der Waals surface area (Å²) in [7, 11) is -3.64. The van der Waals surface area contributed by atoms with E-state index >= 15 is 0 Å². The van der Waals surface area contributed by atoms with E-state index in [2.05, 4.69) is 13.8 Å². The number of aromatic nitrogens is 1. The van der Waals surface area contributed by atoms with Gasteiger partial charge in [-0.05, 0) is 79.3 Å². The van der Waals surface area contributed by atoms with Gasteiger partial charge in [0.2, 0.25) is 10.0 Å². The predicted molar refractivity (Wildman–Crippen MR) is 147 cm³/mol. The zero-order valence-electron chi connectivity index (χ0n) is 20.8. The summed E-state index contributed by atoms with van der Waals surface area (Å²) in [5.41, 5.74) is 2.07. The summed E-state index contributed by atoms with van der Waals surface area (Å²) in [5.74, 6) is 0.919. The van der Waals surface area contributed by atoms with E-state index in [1.807, 2.05) is 19.1 Å². The first-order valence-electron chi connectivity index (χ1n) is 12.1. The van der Waals surface area contributed by atoms with E-state index in [1.54, 1.807) is 39.7 Å². The van der Waals surface area contributed by atoms with Crippen LogP contribution in [-0.2, 0) is 16.6 Å². The second kappa shape index (κ2) is 10.2. The summed E-state index contributed by atoms with van der Waals surface area (Å²) < 4.78 is 34.5. The van der Waals surface area contributed by atoms with Gasteiger partial charge < -0.3 is 4.42 Å². The molecule has 0 bridgehead atoms. The van der Waals surface area contributed by atoms with E-state index in [1.165, 1.54) is 23.5 Å². The number of aryl methyl sites for hydroxylation is 1. The number of fused-ring (bicyclic) bond motifs is 1. The number of sulfonamides is 1. The van der Waals surface area contributed by atoms with Crippen LogP contribution >= 0.6 is 22.9 Å². The smallest absolute Gasteiger partial charge is 0.260 e. The van der Waals surface area contributed by atoms with Gasteiger partial charge in [-0.3, -0.25) is 9.69 Å². The van der Waals surface area contributed by atoms with Crippen molar-refractivity contribution in [3.05, 3.63) is 76.7 Å². The van der Waals surface area contributed by atoms with E-state index in [-0.39, 0.29) is 17.3 Å². The Morgan fingerprint density at radius 2 is 1.86 bits per heavy atom. The first kappa shape index (κ1) is 25.9. The lowest BCUT2D eigenvalue weighted by Gasteiger charge is -2.34. The number of nitrogens with zero attached hydrogens (tertiary/aromatic N) is 3. The molecule has 2 aromatic heterocycles. The molecule has 37 heavy (non-hydrogen) atoms. The van der Waals surface area contributed by atoms with Gasteiger partial charge in [-0.1, -0.05) is 36.8 Å². The molecule has 1 aliphatic rings. The highest BCUT2D eigenvalue weighted by Crippen LogP contribution is 2.35. The lowest BCUT2D eigenvalue weighted by molar-refractivity contribution is 0.0983. The summed E-state index contributed by atoms with van der Waals surface area (Å²) in [6.07, 6.45) is 2.57. The Morgan fingerprint density at radius 1 is 1.16 bits per heavy atom. The number of rotatable bonds is 6. The number of hydrogen-bond acceptors (Lipinski definition) is 6. The average molecular weight is 558 g/mol. The lowest BCUT2D eigenvalue weighted by atomic mass is 9.94. The molecular formula is C27H28ClN3O4S2. The molecule has 1 saturated heterocycles. The molecule has 2 atom stereocenters. The van der Waals surface area contributed by atoms with Crippen molar-refractivity contribution in [2.24, 2.45) is 11.8 Å². The van der Waals surface area contributed by atoms with Gasteiger partial charge >= 0.3 is 0 Å². The normalized spacial score (nSPS) is 18.8. The van der Waals surface area contributed by atoms with Crippen molar-refractivity contribution < 1.29 is 17.6 Å². The van der Waals surface area contributed by atoms with Crippen molar-refractivity contribution >= 4 is 54.2 Å². The Balaban J connectivity index is 1.46. The maximum atomic E-state index is 13.7. The molecular weight excluding hydrogens is 530 g/mol. The van der Waals surface area contributed by atoms with Crippen LogP contribution in [0, 0.1) is 18.8 Å². The summed E-state index contributed by atoms with van der Waals surface area (Å²) in [4.78, 5) is 20.2. The Hall–Kier alpha value is -2.72. The highest BCUT2D eigenvalue weighted by molar-refractivity contribution is 7.89. The van der Waals surface area contributed by atoms with Crippen LogP contribution in [0.25, 0.3) is 10.2 Å². The Kier molecular flexibility index (Phi) is 7.15. The quantitative estimate of drug-likeness (QED) is 0.275. The number of anilines is 1. The Bertz CT molecular complexity index is 1520. The number of amides is 1. The molecule has 1 aliphatic heterocycles. The molecule has 194 valence electrons. The Labute approximate surface area is 225 Å². The molecule has 4 aromatic rings. The second-order valence-corrected chi connectivity index (χ2v) is 13.2. The molecule has 10 heteroatoms. The molecule has 7 nitrogen and oxygen atoms in total. The van der Waals surface area contributed by atoms with Gasteiger partial charge in [0, 0.05) is 23.7 Å². The van der Waals surface area contributed by atoms with Crippen molar-refractivity contribution in [2.45, 2.75) is 38.6 Å². The first-order valence-corrected chi connectivity index (χ1v) is 14.8. The Morgan fingerprint density at radius 3 is 2.51 bits per heavy atom. The third-order valence-corrected chi connectivity index (χ3v) is 9.67. The van der Waals surface area contributed by atoms with Crippen molar-refractivity contribution in [3.63, 3.8) is 0 Å². The van der Waals surface area contributed by atoms with Crippen LogP contribution < -0.4 is 4.90 Å². The summed E-state index contributed by atoms with van der Waals surface area (Å²) in [6.45, 7) is 7.27. The molecule has 0 N–H and O–H groups in total. The summed E-state index contributed by atoms with van der Waals surface area (Å²) in [5, 5.41) is 1.12. The molecule has 0 spiro atoms. The van der Waals surface area contributed by atoms with Gasteiger partial charge in [0.15, 0.2) is 5.13 Å². The number of halogens is 1. The van der Waals surface area contributed by atoms with Gasteiger partial charge in [0.1, 0.15) is 5.76 Å². The van der Waals surface area contributed by atoms with Gasteiger partial charge in [-0.25, -0.2) is 13.4 Å². The zero-order chi connectivity index (χ0) is 26.3. The third-order valence-electron chi connectivity index (χ3n) is 6.58. The summed E-state index contributed by atoms with van der Waals surface area (Å²) >= 11 is 7.61. The van der Waals surface area contributed by atoms with Crippen molar-refractivity contribution in [1.82, 2.24) is 9.29 Å². The molecule has 0 aliphatic carbocycles. The minimum Gasteiger partial charge on any atom is -0.467 e. The van der Waals surface area contributed by atoms with E-state index in [0.717, 1.165) is 22.2 Å². The maximum Gasteiger partial charge on any atom is 0.260 e. The van der Waals surface area contributed by atoms with Crippen LogP contribution in [0.15, 0.2) is 64.1 Å². The molecule has 1 fully saturated rings. The minimum atomic E-state index is -3.64. The highest BCUT2D eigenvalue weighted by Gasteiger charge is 2.32. The van der Waals surface area contributed by atoms with Crippen LogP contribution in [0.3, 0.4) is 0 Å². The fourth-order valence-electron chi connectivity index (χ4n) is 4.92. The topological polar surface area (TPSA) is 83.7 Å². The monoisotopic (exact) mass is 557 g/mol. The SMILES string of the molecule is Cc1cc(Cl)cc2sc(N(Cc3ccco3)C(=O)c3ccc(S(=O)(=O)N4CC(C)CC(C)C4)cc3)nc12. The molecule has 0 saturated carbocycles. The van der Waals surface area contributed by atoms with E-state index in [9.17, 15) is 13.2 Å². The van der Waals surface area contributed by atoms with E-state index in [4.69, 9.17) is 21.0 Å². The second-order valence-electron chi connectivity index (χ2n) is 9.83. The number of thiazole rings is 1. The van der Waals surface area contributed by atoms with Gasteiger partial charge in [-0.15, -0.1) is 0 Å². The first-order chi connectivity index (χ1) is 17.6. The molecule has 5 rings (SSSR count). The number of furan rings is 1. The average Bonchev–Trinajstić information content (AvgIpc) is 3.51. The number of hydrogen-bond donors (Lipinski definition) is 0. The van der Waals surface area contributed by atoms with Crippen molar-refractivity contribution in [3.8, 4) is 0 Å². The molecule has 2 unspecified atom stereocenters. The van der Waals surface area contributed by atoms with Gasteiger partial charge in [0.05, 0.1) is 27.9 Å². The van der Waals surface area contributed by atoms with Crippen molar-refractivity contribution in [2.75, 3.05) is 18.0 Å². The standard InChI is InChI=1S/C27H28ClN3O4S2/c1-17-11-18(2)15-30(14-17)37(33,34)23-8-6-20(7-9-23)26(32)31(16-22-5-4-10-35-22)27-29-25-19(3)12-21(28)13-24(25)36-27/h4-10,12-13,17-18H,11,14-16H2,1-3H3. The number of benzene rings is 2. The fraction of sp³-hybridized carbons (Fsp3) is 0.333. The molecule has 0 radical (unpaired) electrons. The summed E-state index contributed by atoms with van der Waals surface area (Å²) in [6, 6.07) is 13.4. The lowest BCUT2D eigenvalue weighted by Crippen LogP contribution is -2.42. The van der Waals surface area contributed by atoms with Crippen LogP contribution in [-0.4, -0.2) is 36.7 Å². The number of piperidine rings is 1. The van der Waals surface area contributed by atoms with Crippen LogP contribution in [0.1, 0.15) is 41.9 Å². The van der Waals surface area contributed by atoms with Crippen LogP contribution in [0.2, 0.25) is 5.02 Å². The van der Waals surface area contributed by atoms with Crippen molar-refractivity contribution in [1.29, 1.82) is 0 Å². The fourth-order valence-corrected chi connectivity index (χ4v) is 8.02. The van der Waals surface area contributed by atoms with Crippen LogP contribution in [0.5, 0.6) is 0 Å². The molecule has 3 heterocycles. The van der Waals surface area contributed by atoms with Crippen LogP contribution in [0.4, 0.5) is 5.13 Å². The zero-order valence-corrected chi connectivity index (χ0v) is 23.2. The molecule has 1 amide bonds. The number of carbonyl (C=O) groups is 1. The van der Waals surface area contributed by atoms with Gasteiger partial charge in [-0.2, -0.15) is 4.31 Å². The highest BCUT2D eigenvalue weighted by atomic mass is 35.5. The van der Waals surface area contributed by atoms with E-state index in [0.29, 0.717) is 46.4 Å². The number of carbonyl (C=O) groups excluding carboxylic acids is 1. The van der Waals surface area contributed by atoms with Gasteiger partial charge in [0.25, 0.3) is 5.91 Å². The third kappa shape index (κ3) is 5.31. The largest absolute Gasteiger partial charge is 0.467 e. The predicted octanol–water partition coefficient (Wildman–Crippen LogP) is 6.36.